The van der Waals surface area contributed by atoms with E-state index in [-0.39, 0.29) is 25.2 Å². The van der Waals surface area contributed by atoms with Crippen molar-refractivity contribution in [3.05, 3.63) is 58.7 Å². The largest absolute Gasteiger partial charge is 0.497 e. The van der Waals surface area contributed by atoms with Gasteiger partial charge in [-0.1, -0.05) is 23.8 Å². The minimum atomic E-state index is -0.527. The van der Waals surface area contributed by atoms with Gasteiger partial charge in [0.1, 0.15) is 28.8 Å². The maximum atomic E-state index is 13.0. The molecule has 0 spiro atoms. The van der Waals surface area contributed by atoms with E-state index in [9.17, 15) is 9.59 Å². The van der Waals surface area contributed by atoms with Crippen LogP contribution in [0, 0.1) is 0 Å². The van der Waals surface area contributed by atoms with Gasteiger partial charge in [0.15, 0.2) is 6.61 Å². The van der Waals surface area contributed by atoms with Gasteiger partial charge >= 0.3 is 5.97 Å². The predicted octanol–water partition coefficient (Wildman–Crippen LogP) is 4.13. The second-order valence-electron chi connectivity index (χ2n) is 7.66. The molecule has 7 heteroatoms. The lowest BCUT2D eigenvalue weighted by Crippen LogP contribution is -2.17. The normalized spacial score (nSPS) is 10.2. The van der Waals surface area contributed by atoms with E-state index in [0.717, 1.165) is 22.4 Å². The average molecular weight is 457 g/mol. The first-order valence-corrected chi connectivity index (χ1v) is 10.6. The topological polar surface area (TPSA) is 80.3 Å². The number of esters is 1. The predicted molar refractivity (Wildman–Crippen MR) is 126 cm³/mol. The summed E-state index contributed by atoms with van der Waals surface area (Å²) in [6.07, 6.45) is 2.83. The number of hydrogen-bond acceptors (Lipinski definition) is 7. The summed E-state index contributed by atoms with van der Waals surface area (Å²) in [4.78, 5) is 24.8. The Bertz CT molecular complexity index is 987. The Labute approximate surface area is 195 Å². The Morgan fingerprint density at radius 3 is 2.03 bits per heavy atom. The fraction of sp³-hybridized carbons (Fsp3) is 0.385. The van der Waals surface area contributed by atoms with Gasteiger partial charge < -0.3 is 23.7 Å². The van der Waals surface area contributed by atoms with Crippen LogP contribution in [0.5, 0.6) is 23.0 Å². The first kappa shape index (κ1) is 25.8. The smallest absolute Gasteiger partial charge is 0.343 e. The Morgan fingerprint density at radius 2 is 1.48 bits per heavy atom. The molecule has 0 N–H and O–H groups in total. The van der Waals surface area contributed by atoms with Gasteiger partial charge in [0.25, 0.3) is 0 Å². The molecule has 0 saturated carbocycles. The van der Waals surface area contributed by atoms with Crippen molar-refractivity contribution in [3.63, 3.8) is 0 Å². The molecule has 0 amide bonds. The van der Waals surface area contributed by atoms with Gasteiger partial charge in [-0.3, -0.25) is 4.79 Å². The Hall–Kier alpha value is -3.48. The van der Waals surface area contributed by atoms with Crippen LogP contribution in [0.3, 0.4) is 0 Å². The molecule has 0 aliphatic rings. The number of hydrogen-bond donors (Lipinski definition) is 0. The lowest BCUT2D eigenvalue weighted by molar-refractivity contribution is -0.142. The third-order valence-corrected chi connectivity index (χ3v) is 5.06. The van der Waals surface area contributed by atoms with Gasteiger partial charge in [-0.25, -0.2) is 4.79 Å². The molecule has 0 bridgehead atoms. The Balaban J connectivity index is 2.46. The van der Waals surface area contributed by atoms with Crippen LogP contribution in [-0.4, -0.2) is 46.8 Å². The van der Waals surface area contributed by atoms with Gasteiger partial charge in [-0.15, -0.1) is 0 Å². The number of methoxy groups -OCH3 is 4. The second kappa shape index (κ2) is 12.5. The van der Waals surface area contributed by atoms with Crippen molar-refractivity contribution in [3.8, 4) is 23.0 Å². The number of rotatable bonds is 12. The number of Topliss-reactive ketones (excluding diaryl/α,β-unsaturated/α-hetero) is 1. The standard InChI is InChI=1S/C26H32O7/c1-17(2)7-12-21-23(30-4)15-24(31-5)22(26(21)33-16-25(28)32-6)14-19(27)13-18-8-10-20(29-3)11-9-18/h7-11,15H,12-14,16H2,1-6H3. The van der Waals surface area contributed by atoms with Crippen molar-refractivity contribution in [2.45, 2.75) is 33.1 Å². The molecule has 178 valence electrons. The van der Waals surface area contributed by atoms with Crippen molar-refractivity contribution in [2.75, 3.05) is 35.0 Å². The van der Waals surface area contributed by atoms with E-state index in [1.54, 1.807) is 20.3 Å². The molecule has 0 aliphatic heterocycles. The van der Waals surface area contributed by atoms with Crippen LogP contribution < -0.4 is 18.9 Å². The summed E-state index contributed by atoms with van der Waals surface area (Å²) in [5, 5.41) is 0. The molecule has 33 heavy (non-hydrogen) atoms. The summed E-state index contributed by atoms with van der Waals surface area (Å²) in [7, 11) is 5.96. The number of carbonyl (C=O) groups is 2. The minimum Gasteiger partial charge on any atom is -0.497 e. The lowest BCUT2D eigenvalue weighted by atomic mass is 9.96. The van der Waals surface area contributed by atoms with Gasteiger partial charge in [0, 0.05) is 30.0 Å². The van der Waals surface area contributed by atoms with E-state index >= 15 is 0 Å². The molecular formula is C26H32O7. The molecule has 0 atom stereocenters. The highest BCUT2D eigenvalue weighted by atomic mass is 16.6. The molecule has 2 aromatic rings. The van der Waals surface area contributed by atoms with Crippen LogP contribution >= 0.6 is 0 Å². The zero-order valence-electron chi connectivity index (χ0n) is 20.2. The summed E-state index contributed by atoms with van der Waals surface area (Å²) in [5.74, 6) is 1.58. The minimum absolute atomic E-state index is 0.0280. The fourth-order valence-corrected chi connectivity index (χ4v) is 3.33. The summed E-state index contributed by atoms with van der Waals surface area (Å²) >= 11 is 0. The average Bonchev–Trinajstić information content (AvgIpc) is 2.81. The molecule has 0 heterocycles. The van der Waals surface area contributed by atoms with Crippen LogP contribution in [0.1, 0.15) is 30.5 Å². The van der Waals surface area contributed by atoms with E-state index in [2.05, 4.69) is 0 Å². The van der Waals surface area contributed by atoms with Gasteiger partial charge in [0.2, 0.25) is 0 Å². The number of benzene rings is 2. The molecule has 0 fully saturated rings. The third-order valence-electron chi connectivity index (χ3n) is 5.06. The van der Waals surface area contributed by atoms with Crippen LogP contribution in [0.25, 0.3) is 0 Å². The SMILES string of the molecule is COC(=O)COc1c(CC=C(C)C)c(OC)cc(OC)c1CC(=O)Cc1ccc(OC)cc1. The van der Waals surface area contributed by atoms with Crippen molar-refractivity contribution in [1.82, 2.24) is 0 Å². The van der Waals surface area contributed by atoms with Crippen molar-refractivity contribution in [1.29, 1.82) is 0 Å². The molecule has 2 rings (SSSR count). The van der Waals surface area contributed by atoms with Crippen LogP contribution in [-0.2, 0) is 33.6 Å². The second-order valence-corrected chi connectivity index (χ2v) is 7.66. The first-order chi connectivity index (χ1) is 15.8. The van der Waals surface area contributed by atoms with E-state index in [1.165, 1.54) is 14.2 Å². The maximum Gasteiger partial charge on any atom is 0.343 e. The molecule has 0 aliphatic carbocycles. The zero-order valence-corrected chi connectivity index (χ0v) is 20.2. The molecular weight excluding hydrogens is 424 g/mol. The first-order valence-electron chi connectivity index (χ1n) is 10.6. The fourth-order valence-electron chi connectivity index (χ4n) is 3.33. The highest BCUT2D eigenvalue weighted by Gasteiger charge is 2.23. The summed E-state index contributed by atoms with van der Waals surface area (Å²) in [6, 6.07) is 9.10. The molecule has 0 saturated heterocycles. The van der Waals surface area contributed by atoms with E-state index < -0.39 is 5.97 Å². The number of allylic oxidation sites excluding steroid dienone is 2. The number of ether oxygens (including phenoxy) is 5. The zero-order chi connectivity index (χ0) is 24.4. The third kappa shape index (κ3) is 7.27. The van der Waals surface area contributed by atoms with Crippen molar-refractivity contribution >= 4 is 11.8 Å². The van der Waals surface area contributed by atoms with Gasteiger partial charge in [0.05, 0.1) is 28.4 Å². The van der Waals surface area contributed by atoms with Crippen LogP contribution in [0.15, 0.2) is 42.0 Å². The highest BCUT2D eigenvalue weighted by Crippen LogP contribution is 2.40. The number of carbonyl (C=O) groups excluding carboxylic acids is 2. The molecule has 0 radical (unpaired) electrons. The van der Waals surface area contributed by atoms with Gasteiger partial charge in [-0.05, 0) is 38.0 Å². The monoisotopic (exact) mass is 456 g/mol. The van der Waals surface area contributed by atoms with Crippen LogP contribution in [0.2, 0.25) is 0 Å². The van der Waals surface area contributed by atoms with Gasteiger partial charge in [-0.2, -0.15) is 0 Å². The molecule has 7 nitrogen and oxygen atoms in total. The van der Waals surface area contributed by atoms with E-state index in [4.69, 9.17) is 23.7 Å². The maximum absolute atomic E-state index is 13.0. The van der Waals surface area contributed by atoms with E-state index in [1.807, 2.05) is 44.2 Å². The quantitative estimate of drug-likeness (QED) is 0.351. The summed E-state index contributed by atoms with van der Waals surface area (Å²) < 4.78 is 26.9. The van der Waals surface area contributed by atoms with Crippen molar-refractivity contribution < 1.29 is 33.3 Å². The lowest BCUT2D eigenvalue weighted by Gasteiger charge is -2.20. The molecule has 0 aromatic heterocycles. The highest BCUT2D eigenvalue weighted by molar-refractivity contribution is 5.85. The molecule has 2 aromatic carbocycles. The summed E-state index contributed by atoms with van der Waals surface area (Å²) in [6.45, 7) is 3.68. The molecule has 0 unspecified atom stereocenters. The van der Waals surface area contributed by atoms with Crippen molar-refractivity contribution in [2.24, 2.45) is 0 Å². The van der Waals surface area contributed by atoms with E-state index in [0.29, 0.717) is 29.2 Å². The Kier molecular flexibility index (Phi) is 9.79. The summed E-state index contributed by atoms with van der Waals surface area (Å²) in [5.41, 5.74) is 3.28. The van der Waals surface area contributed by atoms with Crippen LogP contribution in [0.4, 0.5) is 0 Å². The number of ketones is 1. The Morgan fingerprint density at radius 1 is 0.848 bits per heavy atom.